The van der Waals surface area contributed by atoms with Crippen molar-refractivity contribution in [2.45, 2.75) is 6.92 Å². The summed E-state index contributed by atoms with van der Waals surface area (Å²) in [5, 5.41) is 11.6. The van der Waals surface area contributed by atoms with E-state index in [1.54, 1.807) is 13.3 Å². The van der Waals surface area contributed by atoms with Gasteiger partial charge in [0.1, 0.15) is 17.4 Å². The van der Waals surface area contributed by atoms with Crippen LogP contribution in [-0.4, -0.2) is 36.7 Å². The van der Waals surface area contributed by atoms with Crippen LogP contribution in [0.15, 0.2) is 23.5 Å². The monoisotopic (exact) mass is 238 g/mol. The zero-order valence-corrected chi connectivity index (χ0v) is 10.3. The van der Waals surface area contributed by atoms with Crippen LogP contribution in [0.1, 0.15) is 6.92 Å². The van der Waals surface area contributed by atoms with Gasteiger partial charge in [0.15, 0.2) is 0 Å². The number of hydrogen-bond acceptors (Lipinski definition) is 5. The van der Waals surface area contributed by atoms with E-state index >= 15 is 0 Å². The number of nitrogens with zero attached hydrogens (tertiary/aromatic N) is 3. The van der Waals surface area contributed by atoms with Crippen molar-refractivity contribution in [2.24, 2.45) is 16.8 Å². The molecule has 0 spiro atoms. The van der Waals surface area contributed by atoms with Gasteiger partial charge in [-0.1, -0.05) is 12.1 Å². The molecule has 0 aliphatic carbocycles. The van der Waals surface area contributed by atoms with Crippen LogP contribution in [0.3, 0.4) is 0 Å². The highest BCUT2D eigenvalue weighted by atomic mass is 16.5. The number of ether oxygens (including phenoxy) is 1. The number of amidine groups is 1. The summed E-state index contributed by atoms with van der Waals surface area (Å²) in [4.78, 5) is 6.18. The normalized spacial score (nSPS) is 13.2. The van der Waals surface area contributed by atoms with Crippen molar-refractivity contribution in [2.75, 3.05) is 25.6 Å². The zero-order chi connectivity index (χ0) is 12.8. The van der Waals surface area contributed by atoms with Gasteiger partial charge in [0, 0.05) is 19.5 Å². The number of aromatic nitrogens is 1. The average Bonchev–Trinajstić information content (AvgIpc) is 2.37. The molecule has 3 N–H and O–H groups in total. The predicted octanol–water partition coefficient (Wildman–Crippen LogP) is 0.909. The summed E-state index contributed by atoms with van der Waals surface area (Å²) in [5.41, 5.74) is 5.52. The molecule has 0 saturated heterocycles. The Bertz CT molecular complexity index is 378. The van der Waals surface area contributed by atoms with Crippen LogP contribution in [0.5, 0.6) is 5.75 Å². The second kappa shape index (κ2) is 5.93. The summed E-state index contributed by atoms with van der Waals surface area (Å²) in [6, 6.07) is 3.70. The Labute approximate surface area is 101 Å². The number of nitrogens with two attached hydrogens (primary N) is 1. The molecule has 0 amide bonds. The topological polar surface area (TPSA) is 84.0 Å². The molecule has 17 heavy (non-hydrogen) atoms. The van der Waals surface area contributed by atoms with Crippen LogP contribution in [-0.2, 0) is 0 Å². The van der Waals surface area contributed by atoms with E-state index in [4.69, 9.17) is 15.7 Å². The van der Waals surface area contributed by atoms with Gasteiger partial charge in [0.05, 0.1) is 13.3 Å². The number of anilines is 1. The lowest BCUT2D eigenvalue weighted by atomic mass is 10.1. The quantitative estimate of drug-likeness (QED) is 0.345. The maximum Gasteiger partial charge on any atom is 0.143 e. The molecule has 6 heteroatoms. The van der Waals surface area contributed by atoms with Crippen molar-refractivity contribution in [3.8, 4) is 5.75 Å². The second-order valence-corrected chi connectivity index (χ2v) is 3.86. The first-order chi connectivity index (χ1) is 8.08. The molecule has 1 aromatic rings. The Balaban J connectivity index is 2.66. The first-order valence-corrected chi connectivity index (χ1v) is 5.27. The first-order valence-electron chi connectivity index (χ1n) is 5.27. The Morgan fingerprint density at radius 2 is 2.35 bits per heavy atom. The Morgan fingerprint density at radius 1 is 1.65 bits per heavy atom. The lowest BCUT2D eigenvalue weighted by Crippen LogP contribution is -2.33. The van der Waals surface area contributed by atoms with Crippen LogP contribution >= 0.6 is 0 Å². The molecule has 1 rings (SSSR count). The van der Waals surface area contributed by atoms with E-state index in [2.05, 4.69) is 10.1 Å². The van der Waals surface area contributed by atoms with Crippen LogP contribution < -0.4 is 15.4 Å². The number of methoxy groups -OCH3 is 1. The highest BCUT2D eigenvalue weighted by Gasteiger charge is 2.12. The number of hydrogen-bond donors (Lipinski definition) is 2. The lowest BCUT2D eigenvalue weighted by Gasteiger charge is -2.21. The van der Waals surface area contributed by atoms with Crippen LogP contribution in [0.25, 0.3) is 0 Å². The molecule has 1 unspecified atom stereocenters. The molecule has 0 aromatic carbocycles. The standard InChI is InChI=1S/C11H18N4O2/c1-8(11(12)14-16)7-15(2)10-5-4-9(17-3)6-13-10/h4-6,8,16H,7H2,1-3H3,(H2,12,14). The molecule has 94 valence electrons. The number of rotatable bonds is 5. The molecule has 0 aliphatic heterocycles. The van der Waals surface area contributed by atoms with Gasteiger partial charge in [-0.15, -0.1) is 0 Å². The largest absolute Gasteiger partial charge is 0.495 e. The van der Waals surface area contributed by atoms with Crippen LogP contribution in [0, 0.1) is 5.92 Å². The van der Waals surface area contributed by atoms with Crippen molar-refractivity contribution in [1.29, 1.82) is 0 Å². The molecule has 1 heterocycles. The van der Waals surface area contributed by atoms with E-state index < -0.39 is 0 Å². The smallest absolute Gasteiger partial charge is 0.143 e. The molecular formula is C11H18N4O2. The average molecular weight is 238 g/mol. The Hall–Kier alpha value is -1.98. The molecule has 0 fully saturated rings. The molecule has 6 nitrogen and oxygen atoms in total. The summed E-state index contributed by atoms with van der Waals surface area (Å²) in [6.45, 7) is 2.50. The molecule has 0 bridgehead atoms. The third-order valence-corrected chi connectivity index (χ3v) is 2.52. The molecule has 1 atom stereocenters. The fourth-order valence-corrected chi connectivity index (χ4v) is 1.42. The summed E-state index contributed by atoms with van der Waals surface area (Å²) in [5.74, 6) is 1.69. The molecule has 0 radical (unpaired) electrons. The van der Waals surface area contributed by atoms with Gasteiger partial charge in [-0.3, -0.25) is 0 Å². The lowest BCUT2D eigenvalue weighted by molar-refractivity contribution is 0.314. The maximum atomic E-state index is 8.57. The first kappa shape index (κ1) is 13.1. The third kappa shape index (κ3) is 3.51. The Morgan fingerprint density at radius 3 is 2.82 bits per heavy atom. The summed E-state index contributed by atoms with van der Waals surface area (Å²) in [6.07, 6.45) is 1.65. The summed E-state index contributed by atoms with van der Waals surface area (Å²) in [7, 11) is 3.50. The van der Waals surface area contributed by atoms with Crippen LogP contribution in [0.4, 0.5) is 5.82 Å². The minimum Gasteiger partial charge on any atom is -0.495 e. The Kier molecular flexibility index (Phi) is 4.56. The zero-order valence-electron chi connectivity index (χ0n) is 10.3. The van der Waals surface area contributed by atoms with Crippen molar-refractivity contribution in [3.05, 3.63) is 18.3 Å². The minimum atomic E-state index is -0.0473. The van der Waals surface area contributed by atoms with Crippen LogP contribution in [0.2, 0.25) is 0 Å². The number of oxime groups is 1. The van der Waals surface area contributed by atoms with E-state index in [1.807, 2.05) is 31.0 Å². The van der Waals surface area contributed by atoms with Crippen molar-refractivity contribution >= 4 is 11.7 Å². The van der Waals surface area contributed by atoms with Gasteiger partial charge >= 0.3 is 0 Å². The van der Waals surface area contributed by atoms with Crippen molar-refractivity contribution in [3.63, 3.8) is 0 Å². The fraction of sp³-hybridized carbons (Fsp3) is 0.455. The van der Waals surface area contributed by atoms with Gasteiger partial charge in [0.2, 0.25) is 0 Å². The van der Waals surface area contributed by atoms with Crippen molar-refractivity contribution in [1.82, 2.24) is 4.98 Å². The molecule has 1 aromatic heterocycles. The van der Waals surface area contributed by atoms with Gasteiger partial charge < -0.3 is 20.6 Å². The highest BCUT2D eigenvalue weighted by Crippen LogP contribution is 2.15. The third-order valence-electron chi connectivity index (χ3n) is 2.52. The van der Waals surface area contributed by atoms with Gasteiger partial charge in [0.25, 0.3) is 0 Å². The SMILES string of the molecule is COc1ccc(N(C)CC(C)/C(N)=N/O)nc1. The summed E-state index contributed by atoms with van der Waals surface area (Å²) < 4.78 is 5.03. The molecule has 0 aliphatic rings. The van der Waals surface area contributed by atoms with Gasteiger partial charge in [-0.2, -0.15) is 0 Å². The van der Waals surface area contributed by atoms with E-state index in [1.165, 1.54) is 0 Å². The highest BCUT2D eigenvalue weighted by molar-refractivity contribution is 5.82. The second-order valence-electron chi connectivity index (χ2n) is 3.86. The minimum absolute atomic E-state index is 0.0473. The van der Waals surface area contributed by atoms with E-state index in [0.29, 0.717) is 12.3 Å². The van der Waals surface area contributed by atoms with E-state index in [-0.39, 0.29) is 11.8 Å². The van der Waals surface area contributed by atoms with Gasteiger partial charge in [-0.25, -0.2) is 4.98 Å². The van der Waals surface area contributed by atoms with Crippen molar-refractivity contribution < 1.29 is 9.94 Å². The fourth-order valence-electron chi connectivity index (χ4n) is 1.42. The van der Waals surface area contributed by atoms with E-state index in [0.717, 1.165) is 5.82 Å². The number of pyridine rings is 1. The van der Waals surface area contributed by atoms with Gasteiger partial charge in [-0.05, 0) is 12.1 Å². The summed E-state index contributed by atoms with van der Waals surface area (Å²) >= 11 is 0. The predicted molar refractivity (Wildman–Crippen MR) is 66.6 cm³/mol. The van der Waals surface area contributed by atoms with E-state index in [9.17, 15) is 0 Å². The molecule has 0 saturated carbocycles. The maximum absolute atomic E-state index is 8.57. The molecular weight excluding hydrogens is 220 g/mol.